The maximum absolute atomic E-state index is 17.0. The van der Waals surface area contributed by atoms with Crippen molar-refractivity contribution in [3.05, 3.63) is 47.7 Å². The van der Waals surface area contributed by atoms with Crippen molar-refractivity contribution in [2.24, 2.45) is 0 Å². The highest BCUT2D eigenvalue weighted by molar-refractivity contribution is 6.01. The smallest absolute Gasteiger partial charge is 0.319 e. The summed E-state index contributed by atoms with van der Waals surface area (Å²) >= 11 is 0. The molecule has 4 aliphatic rings. The monoisotopic (exact) mass is 663 g/mol. The van der Waals surface area contributed by atoms with Gasteiger partial charge in [-0.25, -0.2) is 18.0 Å². The maximum Gasteiger partial charge on any atom is 0.319 e. The Balaban J connectivity index is 1.28. The van der Waals surface area contributed by atoms with Crippen molar-refractivity contribution in [3.8, 4) is 23.0 Å². The lowest BCUT2D eigenvalue weighted by atomic mass is 9.94. The summed E-state index contributed by atoms with van der Waals surface area (Å²) in [6.45, 7) is 4.69. The molecule has 3 atom stereocenters. The zero-order valence-corrected chi connectivity index (χ0v) is 26.5. The lowest BCUT2D eigenvalue weighted by Crippen LogP contribution is -2.54. The number of anilines is 1. The number of urea groups is 1. The summed E-state index contributed by atoms with van der Waals surface area (Å²) in [6.07, 6.45) is 2.90. The average molecular weight is 664 g/mol. The molecule has 6 heterocycles. The molecule has 4 aliphatic heterocycles. The molecule has 0 bridgehead atoms. The van der Waals surface area contributed by atoms with Crippen LogP contribution in [0, 0.1) is 11.6 Å². The van der Waals surface area contributed by atoms with Crippen LogP contribution in [0.1, 0.15) is 31.7 Å². The van der Waals surface area contributed by atoms with E-state index in [-0.39, 0.29) is 47.8 Å². The fourth-order valence-electron chi connectivity index (χ4n) is 8.07. The van der Waals surface area contributed by atoms with E-state index < -0.39 is 28.9 Å². The lowest BCUT2D eigenvalue weighted by Gasteiger charge is -2.32. The largest absolute Gasteiger partial charge is 0.508 e. The number of nitrogens with one attached hydrogen (secondary N) is 2. The number of ether oxygens (including phenoxy) is 2. The highest BCUT2D eigenvalue weighted by Gasteiger charge is 2.49. The van der Waals surface area contributed by atoms with Gasteiger partial charge in [-0.1, -0.05) is 13.0 Å². The molecular formula is C34H36F3N7O4. The van der Waals surface area contributed by atoms with Crippen molar-refractivity contribution in [2.75, 3.05) is 57.4 Å². The molecule has 0 aliphatic carbocycles. The number of halogens is 3. The van der Waals surface area contributed by atoms with Crippen molar-refractivity contribution < 1.29 is 32.5 Å². The van der Waals surface area contributed by atoms with E-state index in [1.165, 1.54) is 24.4 Å². The number of nitrogens with zero attached hydrogens (tertiary/aromatic N) is 5. The van der Waals surface area contributed by atoms with E-state index in [9.17, 15) is 14.3 Å². The number of benzene rings is 2. The van der Waals surface area contributed by atoms with Crippen LogP contribution < -0.4 is 20.3 Å². The number of pyridine rings is 1. The molecule has 11 nitrogen and oxygen atoms in total. The number of amides is 2. The summed E-state index contributed by atoms with van der Waals surface area (Å²) in [5.41, 5.74) is -0.816. The highest BCUT2D eigenvalue weighted by atomic mass is 19.1. The molecule has 4 saturated heterocycles. The Morgan fingerprint density at radius 2 is 2.08 bits per heavy atom. The second-order valence-corrected chi connectivity index (χ2v) is 13.4. The molecule has 2 aromatic carbocycles. The number of alkyl halides is 1. The Kier molecular flexibility index (Phi) is 7.47. The molecule has 2 aromatic heterocycles. The molecule has 0 saturated carbocycles. The van der Waals surface area contributed by atoms with Crippen LogP contribution in [-0.4, -0.2) is 101 Å². The molecule has 14 heteroatoms. The van der Waals surface area contributed by atoms with Crippen molar-refractivity contribution in [2.45, 2.75) is 49.9 Å². The van der Waals surface area contributed by atoms with Crippen molar-refractivity contribution >= 4 is 33.5 Å². The second kappa shape index (κ2) is 11.6. The van der Waals surface area contributed by atoms with E-state index in [0.717, 1.165) is 19.4 Å². The van der Waals surface area contributed by atoms with Crippen LogP contribution in [0.15, 0.2) is 30.5 Å². The number of aromatic hydroxyl groups is 1. The third kappa shape index (κ3) is 5.12. The standard InChI is InChI=1S/C34H36F3N7O4/c1-2-22-25(36)5-4-19-10-21(45)11-23(26(19)22)28-27(37)29-24(13-38-28)30(43-8-9-47-17-33(16-43)15-39-31(46)42-33)41-32(40-29)48-18-34-6-3-7-44(34)14-20(35)12-34/h4-5,10-11,13,20,45H,2-3,6-9,12,14-18H2,1H3,(H2,39,42,46)/t20-,33?,34+/m1/s1. The van der Waals surface area contributed by atoms with E-state index in [2.05, 4.69) is 25.5 Å². The molecule has 0 radical (unpaired) electrons. The number of carbonyl (C=O) groups excluding carboxylic acids is 1. The van der Waals surface area contributed by atoms with Crippen LogP contribution >= 0.6 is 0 Å². The summed E-state index contributed by atoms with van der Waals surface area (Å²) in [7, 11) is 0. The zero-order valence-electron chi connectivity index (χ0n) is 26.5. The van der Waals surface area contributed by atoms with Crippen LogP contribution in [0.25, 0.3) is 32.9 Å². The molecule has 1 spiro atoms. The molecule has 4 fully saturated rings. The van der Waals surface area contributed by atoms with Crippen molar-refractivity contribution in [1.82, 2.24) is 30.5 Å². The van der Waals surface area contributed by atoms with Gasteiger partial charge in [-0.2, -0.15) is 9.97 Å². The molecule has 48 heavy (non-hydrogen) atoms. The minimum Gasteiger partial charge on any atom is -0.508 e. The predicted octanol–water partition coefficient (Wildman–Crippen LogP) is 4.23. The van der Waals surface area contributed by atoms with Gasteiger partial charge in [0.25, 0.3) is 0 Å². The number of hydrogen-bond acceptors (Lipinski definition) is 9. The Labute approximate surface area is 274 Å². The van der Waals surface area contributed by atoms with Crippen LogP contribution in [0.3, 0.4) is 0 Å². The minimum atomic E-state index is -0.952. The molecule has 2 amide bonds. The average Bonchev–Trinajstić information content (AvgIpc) is 3.67. The second-order valence-electron chi connectivity index (χ2n) is 13.4. The first kappa shape index (κ1) is 30.9. The van der Waals surface area contributed by atoms with Gasteiger partial charge in [-0.05, 0) is 60.3 Å². The topological polar surface area (TPSA) is 125 Å². The Bertz CT molecular complexity index is 1950. The van der Waals surface area contributed by atoms with Gasteiger partial charge in [0.05, 0.1) is 29.7 Å². The Morgan fingerprint density at radius 3 is 2.90 bits per heavy atom. The summed E-state index contributed by atoms with van der Waals surface area (Å²) in [5, 5.41) is 17.7. The molecule has 3 N–H and O–H groups in total. The number of hydrogen-bond donors (Lipinski definition) is 3. The minimum absolute atomic E-state index is 0.0747. The first-order chi connectivity index (χ1) is 23.2. The molecule has 4 aromatic rings. The Hall–Kier alpha value is -4.43. The van der Waals surface area contributed by atoms with Crippen LogP contribution in [0.2, 0.25) is 0 Å². The normalized spacial score (nSPS) is 25.9. The first-order valence-corrected chi connectivity index (χ1v) is 16.4. The SMILES string of the molecule is CCc1c(F)ccc2cc(O)cc(-c3ncc4c(N5CCOCC6(CNC(=O)N6)C5)nc(OC[C@@]56CCCN5C[C@H](F)C6)nc4c3F)c12. The highest BCUT2D eigenvalue weighted by Crippen LogP contribution is 2.42. The van der Waals surface area contributed by atoms with Gasteiger partial charge < -0.3 is 30.1 Å². The molecular weight excluding hydrogens is 627 g/mol. The number of carbonyl (C=O) groups is 1. The third-order valence-electron chi connectivity index (χ3n) is 10.3. The third-order valence-corrected chi connectivity index (χ3v) is 10.3. The van der Waals surface area contributed by atoms with Gasteiger partial charge in [0.15, 0.2) is 5.82 Å². The van der Waals surface area contributed by atoms with Gasteiger partial charge in [0.1, 0.15) is 41.4 Å². The number of fused-ring (bicyclic) bond motifs is 3. The van der Waals surface area contributed by atoms with E-state index >= 15 is 8.78 Å². The van der Waals surface area contributed by atoms with Crippen molar-refractivity contribution in [3.63, 3.8) is 0 Å². The fraction of sp³-hybridized carbons (Fsp3) is 0.471. The summed E-state index contributed by atoms with van der Waals surface area (Å²) in [5.74, 6) is -1.01. The number of aromatic nitrogens is 3. The Morgan fingerprint density at radius 1 is 1.21 bits per heavy atom. The number of aryl methyl sites for hydroxylation is 1. The zero-order chi connectivity index (χ0) is 33.2. The van der Waals surface area contributed by atoms with Gasteiger partial charge in [-0.15, -0.1) is 0 Å². The summed E-state index contributed by atoms with van der Waals surface area (Å²) < 4.78 is 58.6. The van der Waals surface area contributed by atoms with Crippen LogP contribution in [0.4, 0.5) is 23.8 Å². The van der Waals surface area contributed by atoms with E-state index in [1.807, 2.05) is 11.8 Å². The van der Waals surface area contributed by atoms with Gasteiger partial charge in [-0.3, -0.25) is 9.88 Å². The van der Waals surface area contributed by atoms with E-state index in [1.54, 1.807) is 6.07 Å². The van der Waals surface area contributed by atoms with Crippen LogP contribution in [0.5, 0.6) is 11.8 Å². The summed E-state index contributed by atoms with van der Waals surface area (Å²) in [4.78, 5) is 30.1. The van der Waals surface area contributed by atoms with Gasteiger partial charge >= 0.3 is 12.0 Å². The maximum atomic E-state index is 17.0. The van der Waals surface area contributed by atoms with Gasteiger partial charge in [0.2, 0.25) is 0 Å². The molecule has 252 valence electrons. The fourth-order valence-corrected chi connectivity index (χ4v) is 8.07. The first-order valence-electron chi connectivity index (χ1n) is 16.4. The molecule has 1 unspecified atom stereocenters. The van der Waals surface area contributed by atoms with E-state index in [4.69, 9.17) is 14.5 Å². The number of rotatable bonds is 6. The van der Waals surface area contributed by atoms with Gasteiger partial charge in [0, 0.05) is 44.4 Å². The molecule has 8 rings (SSSR count). The summed E-state index contributed by atoms with van der Waals surface area (Å²) in [6, 6.07) is 5.38. The van der Waals surface area contributed by atoms with E-state index in [0.29, 0.717) is 73.2 Å². The van der Waals surface area contributed by atoms with Crippen LogP contribution in [-0.2, 0) is 11.2 Å². The lowest BCUT2D eigenvalue weighted by molar-refractivity contribution is 0.107. The quantitative estimate of drug-likeness (QED) is 0.278. The van der Waals surface area contributed by atoms with Crippen molar-refractivity contribution in [1.29, 1.82) is 0 Å². The predicted molar refractivity (Wildman–Crippen MR) is 172 cm³/mol. The number of phenolic OH excluding ortho intramolecular Hbond substituents is 1. The number of phenols is 1.